The maximum Gasteiger partial charge on any atom is 0.230 e. The molecule has 4 aromatic rings. The normalized spacial score (nSPS) is 10.8. The molecule has 11 nitrogen and oxygen atoms in total. The van der Waals surface area contributed by atoms with E-state index in [2.05, 4.69) is 25.4 Å². The fourth-order valence-corrected chi connectivity index (χ4v) is 3.63. The number of aromatic nitrogens is 5. The number of rotatable bonds is 10. The number of carbonyl (C=O) groups excluding carboxylic acids is 1. The van der Waals surface area contributed by atoms with Crippen molar-refractivity contribution >= 4 is 22.5 Å². The van der Waals surface area contributed by atoms with Crippen LogP contribution in [-0.2, 0) is 17.8 Å². The van der Waals surface area contributed by atoms with Crippen LogP contribution in [0.1, 0.15) is 25.2 Å². The van der Waals surface area contributed by atoms with Gasteiger partial charge in [-0.05, 0) is 26.8 Å². The number of ether oxygens (including phenoxy) is 4. The summed E-state index contributed by atoms with van der Waals surface area (Å²) in [5.74, 6) is 2.02. The molecule has 36 heavy (non-hydrogen) atoms. The third-order valence-electron chi connectivity index (χ3n) is 5.40. The van der Waals surface area contributed by atoms with E-state index in [1.165, 1.54) is 19.6 Å². The molecule has 0 spiro atoms. The van der Waals surface area contributed by atoms with Crippen LogP contribution in [0.15, 0.2) is 36.9 Å². The molecule has 0 aliphatic rings. The molecule has 1 aromatic carbocycles. The van der Waals surface area contributed by atoms with Gasteiger partial charge < -0.3 is 24.3 Å². The van der Waals surface area contributed by atoms with Crippen LogP contribution in [0.4, 0.5) is 5.69 Å². The minimum Gasteiger partial charge on any atom is -0.495 e. The zero-order chi connectivity index (χ0) is 25.7. The van der Waals surface area contributed by atoms with E-state index < -0.39 is 0 Å². The predicted octanol–water partition coefficient (Wildman–Crippen LogP) is 3.94. The van der Waals surface area contributed by atoms with Gasteiger partial charge in [0.15, 0.2) is 17.2 Å². The Balaban J connectivity index is 1.55. The fraction of sp³-hybridized carbons (Fsp3) is 0.320. The van der Waals surface area contributed by atoms with E-state index in [0.717, 1.165) is 12.2 Å². The Bertz CT molecular complexity index is 1390. The molecule has 11 heteroatoms. The van der Waals surface area contributed by atoms with Crippen molar-refractivity contribution < 1.29 is 23.7 Å². The van der Waals surface area contributed by atoms with Crippen molar-refractivity contribution in [1.29, 1.82) is 0 Å². The third-order valence-corrected chi connectivity index (χ3v) is 5.40. The van der Waals surface area contributed by atoms with Crippen molar-refractivity contribution in [3.05, 3.63) is 48.3 Å². The van der Waals surface area contributed by atoms with Gasteiger partial charge in [-0.25, -0.2) is 9.97 Å². The lowest BCUT2D eigenvalue weighted by atomic mass is 10.2. The Morgan fingerprint density at radius 1 is 1.03 bits per heavy atom. The molecule has 0 saturated carbocycles. The molecule has 0 saturated heterocycles. The van der Waals surface area contributed by atoms with Crippen LogP contribution in [0.5, 0.6) is 28.9 Å². The van der Waals surface area contributed by atoms with Crippen molar-refractivity contribution in [3.63, 3.8) is 0 Å². The Kier molecular flexibility index (Phi) is 7.47. The predicted molar refractivity (Wildman–Crippen MR) is 133 cm³/mol. The monoisotopic (exact) mass is 492 g/mol. The molecule has 0 aliphatic carbocycles. The van der Waals surface area contributed by atoms with Crippen LogP contribution in [0.2, 0.25) is 0 Å². The maximum atomic E-state index is 12.6. The number of carbonyl (C=O) groups is 1. The summed E-state index contributed by atoms with van der Waals surface area (Å²) in [6.45, 7) is 6.93. The third kappa shape index (κ3) is 5.29. The van der Waals surface area contributed by atoms with Gasteiger partial charge in [0.2, 0.25) is 11.8 Å². The smallest absolute Gasteiger partial charge is 0.230 e. The van der Waals surface area contributed by atoms with E-state index in [0.29, 0.717) is 57.8 Å². The molecule has 4 rings (SSSR count). The van der Waals surface area contributed by atoms with Gasteiger partial charge in [-0.15, -0.1) is 0 Å². The van der Waals surface area contributed by atoms with Crippen molar-refractivity contribution in [2.45, 2.75) is 33.7 Å². The summed E-state index contributed by atoms with van der Waals surface area (Å²) in [6.07, 6.45) is 4.75. The van der Waals surface area contributed by atoms with E-state index in [1.807, 2.05) is 20.8 Å². The molecular weight excluding hydrogens is 464 g/mol. The van der Waals surface area contributed by atoms with Gasteiger partial charge in [0, 0.05) is 24.9 Å². The Morgan fingerprint density at radius 2 is 1.83 bits per heavy atom. The molecule has 188 valence electrons. The van der Waals surface area contributed by atoms with Crippen LogP contribution in [0, 0.1) is 6.92 Å². The molecule has 3 aromatic heterocycles. The summed E-state index contributed by atoms with van der Waals surface area (Å²) in [5.41, 5.74) is 2.52. The minimum absolute atomic E-state index is 0.0219. The second-order valence-electron chi connectivity index (χ2n) is 7.76. The minimum atomic E-state index is -0.229. The number of nitrogens with zero attached hydrogens (tertiary/aromatic N) is 5. The molecule has 0 bridgehead atoms. The van der Waals surface area contributed by atoms with Crippen LogP contribution >= 0.6 is 0 Å². The van der Waals surface area contributed by atoms with Gasteiger partial charge in [0.25, 0.3) is 0 Å². The van der Waals surface area contributed by atoms with Gasteiger partial charge in [-0.2, -0.15) is 5.10 Å². The molecule has 0 aliphatic heterocycles. The van der Waals surface area contributed by atoms with Crippen LogP contribution in [0.3, 0.4) is 0 Å². The summed E-state index contributed by atoms with van der Waals surface area (Å²) in [7, 11) is 3.08. The standard InChI is InChI=1S/C25H28N6O5/c1-6-31-13-20(15(3)30-31)29-24(32)11-19-21(33-4)8-16(12-26-19)36-25-17-9-22(34-5)23(35-7-2)10-18(17)27-14-28-25/h8-10,12-14H,6-7,11H2,1-5H3,(H,29,32). The lowest BCUT2D eigenvalue weighted by Crippen LogP contribution is -2.16. The number of anilines is 1. The second-order valence-corrected chi connectivity index (χ2v) is 7.76. The highest BCUT2D eigenvalue weighted by Crippen LogP contribution is 2.36. The van der Waals surface area contributed by atoms with Crippen molar-refractivity contribution in [2.24, 2.45) is 0 Å². The molecule has 0 atom stereocenters. The molecular formula is C25H28N6O5. The summed E-state index contributed by atoms with van der Waals surface area (Å²) < 4.78 is 24.3. The number of amides is 1. The highest BCUT2D eigenvalue weighted by atomic mass is 16.5. The van der Waals surface area contributed by atoms with E-state index in [-0.39, 0.29) is 12.3 Å². The number of nitrogens with one attached hydrogen (secondary N) is 1. The zero-order valence-corrected chi connectivity index (χ0v) is 20.9. The zero-order valence-electron chi connectivity index (χ0n) is 20.9. The van der Waals surface area contributed by atoms with Gasteiger partial charge in [-0.3, -0.25) is 14.5 Å². The fourth-order valence-electron chi connectivity index (χ4n) is 3.63. The first-order chi connectivity index (χ1) is 17.4. The second kappa shape index (κ2) is 10.9. The Labute approximate surface area is 208 Å². The highest BCUT2D eigenvalue weighted by molar-refractivity contribution is 5.92. The molecule has 0 radical (unpaired) electrons. The topological polar surface area (TPSA) is 123 Å². The summed E-state index contributed by atoms with van der Waals surface area (Å²) in [4.78, 5) is 25.6. The van der Waals surface area contributed by atoms with Crippen molar-refractivity contribution in [1.82, 2.24) is 24.7 Å². The van der Waals surface area contributed by atoms with Crippen LogP contribution in [0.25, 0.3) is 10.9 Å². The number of methoxy groups -OCH3 is 2. The summed E-state index contributed by atoms with van der Waals surface area (Å²) >= 11 is 0. The van der Waals surface area contributed by atoms with Crippen molar-refractivity contribution in [2.75, 3.05) is 26.1 Å². The van der Waals surface area contributed by atoms with Crippen LogP contribution < -0.4 is 24.3 Å². The van der Waals surface area contributed by atoms with Crippen LogP contribution in [-0.4, -0.2) is 51.5 Å². The Morgan fingerprint density at radius 3 is 2.53 bits per heavy atom. The first-order valence-electron chi connectivity index (χ1n) is 11.5. The average molecular weight is 493 g/mol. The molecule has 0 unspecified atom stereocenters. The number of fused-ring (bicyclic) bond motifs is 1. The van der Waals surface area contributed by atoms with Crippen molar-refractivity contribution in [3.8, 4) is 28.9 Å². The first kappa shape index (κ1) is 24.7. The molecule has 1 N–H and O–H groups in total. The summed E-state index contributed by atoms with van der Waals surface area (Å²) in [5, 5.41) is 7.86. The Hall–Kier alpha value is -4.41. The molecule has 0 fully saturated rings. The average Bonchev–Trinajstić information content (AvgIpc) is 3.23. The summed E-state index contributed by atoms with van der Waals surface area (Å²) in [6, 6.07) is 5.20. The lowest BCUT2D eigenvalue weighted by molar-refractivity contribution is -0.115. The van der Waals surface area contributed by atoms with Gasteiger partial charge in [0.1, 0.15) is 12.1 Å². The number of benzene rings is 1. The SMILES string of the molecule is CCOc1cc2ncnc(Oc3cnc(CC(=O)Nc4cn(CC)nc4C)c(OC)c3)c2cc1OC. The van der Waals surface area contributed by atoms with E-state index in [9.17, 15) is 4.79 Å². The number of aryl methyl sites for hydroxylation is 2. The number of hydrogen-bond donors (Lipinski definition) is 1. The maximum absolute atomic E-state index is 12.6. The van der Waals surface area contributed by atoms with E-state index in [4.69, 9.17) is 18.9 Å². The lowest BCUT2D eigenvalue weighted by Gasteiger charge is -2.13. The highest BCUT2D eigenvalue weighted by Gasteiger charge is 2.16. The van der Waals surface area contributed by atoms with Gasteiger partial charge in [0.05, 0.1) is 61.4 Å². The van der Waals surface area contributed by atoms with E-state index in [1.54, 1.807) is 36.2 Å². The quantitative estimate of drug-likeness (QED) is 0.351. The molecule has 1 amide bonds. The van der Waals surface area contributed by atoms with Gasteiger partial charge in [-0.1, -0.05) is 0 Å². The number of hydrogen-bond acceptors (Lipinski definition) is 9. The first-order valence-corrected chi connectivity index (χ1v) is 11.5. The van der Waals surface area contributed by atoms with Gasteiger partial charge >= 0.3 is 0 Å². The largest absolute Gasteiger partial charge is 0.495 e. The van der Waals surface area contributed by atoms with E-state index >= 15 is 0 Å². The number of pyridine rings is 1. The molecule has 3 heterocycles.